The van der Waals surface area contributed by atoms with E-state index >= 15 is 0 Å². The summed E-state index contributed by atoms with van der Waals surface area (Å²) in [5.74, 6) is 0.941. The number of aliphatic hydroxyl groups is 2. The summed E-state index contributed by atoms with van der Waals surface area (Å²) < 4.78 is 0. The first-order valence-corrected chi connectivity index (χ1v) is 10.4. The second-order valence-corrected chi connectivity index (χ2v) is 8.60. The topological polar surface area (TPSA) is 40.5 Å². The SMILES string of the molecule is CCCCCCC[C@H]1CC[C@@H](O)[C@@H]1C=CC[C@H](O)C(C)(C)CCC. The van der Waals surface area contributed by atoms with E-state index in [-0.39, 0.29) is 17.6 Å². The molecule has 0 radical (unpaired) electrons. The van der Waals surface area contributed by atoms with Crippen molar-refractivity contribution < 1.29 is 10.2 Å². The second kappa shape index (κ2) is 11.3. The van der Waals surface area contributed by atoms with E-state index in [1.807, 2.05) is 0 Å². The molecule has 0 aromatic carbocycles. The second-order valence-electron chi connectivity index (χ2n) is 8.60. The van der Waals surface area contributed by atoms with Gasteiger partial charge in [-0.25, -0.2) is 0 Å². The molecule has 0 bridgehead atoms. The van der Waals surface area contributed by atoms with E-state index in [2.05, 4.69) is 39.8 Å². The number of rotatable bonds is 12. The predicted molar refractivity (Wildman–Crippen MR) is 104 cm³/mol. The van der Waals surface area contributed by atoms with Gasteiger partial charge in [-0.15, -0.1) is 0 Å². The van der Waals surface area contributed by atoms with Gasteiger partial charge in [0.1, 0.15) is 0 Å². The molecule has 2 heteroatoms. The van der Waals surface area contributed by atoms with Crippen LogP contribution in [-0.2, 0) is 0 Å². The van der Waals surface area contributed by atoms with Crippen molar-refractivity contribution in [1.29, 1.82) is 0 Å². The van der Waals surface area contributed by atoms with Gasteiger partial charge in [0.05, 0.1) is 12.2 Å². The lowest BCUT2D eigenvalue weighted by atomic mass is 9.80. The Morgan fingerprint density at radius 1 is 1.04 bits per heavy atom. The molecular formula is C22H42O2. The maximum absolute atomic E-state index is 10.4. The van der Waals surface area contributed by atoms with Crippen LogP contribution in [0, 0.1) is 17.3 Å². The van der Waals surface area contributed by atoms with Crippen LogP contribution in [0.15, 0.2) is 12.2 Å². The van der Waals surface area contributed by atoms with Crippen molar-refractivity contribution in [1.82, 2.24) is 0 Å². The van der Waals surface area contributed by atoms with Crippen LogP contribution < -0.4 is 0 Å². The van der Waals surface area contributed by atoms with Crippen LogP contribution in [0.1, 0.15) is 98.3 Å². The van der Waals surface area contributed by atoms with Crippen molar-refractivity contribution >= 4 is 0 Å². The third kappa shape index (κ3) is 7.27. The van der Waals surface area contributed by atoms with Crippen LogP contribution in [0.3, 0.4) is 0 Å². The number of unbranched alkanes of at least 4 members (excludes halogenated alkanes) is 4. The maximum atomic E-state index is 10.4. The van der Waals surface area contributed by atoms with Crippen LogP contribution in [-0.4, -0.2) is 22.4 Å². The molecule has 0 aromatic rings. The molecule has 0 amide bonds. The van der Waals surface area contributed by atoms with E-state index in [0.717, 1.165) is 25.7 Å². The molecule has 142 valence electrons. The van der Waals surface area contributed by atoms with E-state index in [0.29, 0.717) is 18.3 Å². The molecule has 0 aliphatic heterocycles. The molecule has 1 saturated carbocycles. The zero-order valence-corrected chi connectivity index (χ0v) is 16.6. The van der Waals surface area contributed by atoms with Crippen molar-refractivity contribution in [3.63, 3.8) is 0 Å². The minimum atomic E-state index is -0.292. The van der Waals surface area contributed by atoms with Gasteiger partial charge in [0, 0.05) is 5.92 Å². The molecule has 0 unspecified atom stereocenters. The molecule has 4 atom stereocenters. The average molecular weight is 339 g/mol. The van der Waals surface area contributed by atoms with Gasteiger partial charge in [-0.1, -0.05) is 78.4 Å². The molecule has 1 fully saturated rings. The van der Waals surface area contributed by atoms with Gasteiger partial charge in [-0.2, -0.15) is 0 Å². The van der Waals surface area contributed by atoms with Crippen LogP contribution in [0.2, 0.25) is 0 Å². The highest BCUT2D eigenvalue weighted by atomic mass is 16.3. The zero-order chi connectivity index (χ0) is 18.0. The number of aliphatic hydroxyl groups excluding tert-OH is 2. The highest BCUT2D eigenvalue weighted by molar-refractivity contribution is 5.00. The summed E-state index contributed by atoms with van der Waals surface area (Å²) in [5, 5.41) is 20.7. The minimum absolute atomic E-state index is 0.0218. The van der Waals surface area contributed by atoms with Crippen LogP contribution in [0.25, 0.3) is 0 Å². The molecule has 24 heavy (non-hydrogen) atoms. The van der Waals surface area contributed by atoms with Gasteiger partial charge >= 0.3 is 0 Å². The van der Waals surface area contributed by atoms with Crippen molar-refractivity contribution in [2.45, 2.75) is 111 Å². The van der Waals surface area contributed by atoms with Crippen molar-refractivity contribution in [3.8, 4) is 0 Å². The lowest BCUT2D eigenvalue weighted by molar-refractivity contribution is 0.0458. The molecule has 0 saturated heterocycles. The van der Waals surface area contributed by atoms with Crippen LogP contribution in [0.5, 0.6) is 0 Å². The highest BCUT2D eigenvalue weighted by Gasteiger charge is 2.32. The maximum Gasteiger partial charge on any atom is 0.0625 e. The quantitative estimate of drug-likeness (QED) is 0.345. The molecule has 2 nitrogen and oxygen atoms in total. The Morgan fingerprint density at radius 2 is 1.75 bits per heavy atom. The van der Waals surface area contributed by atoms with E-state index in [4.69, 9.17) is 0 Å². The minimum Gasteiger partial charge on any atom is -0.393 e. The summed E-state index contributed by atoms with van der Waals surface area (Å²) in [4.78, 5) is 0. The van der Waals surface area contributed by atoms with E-state index in [1.54, 1.807) is 0 Å². The standard InChI is InChI=1S/C22H42O2/c1-5-7-8-9-10-12-18-15-16-20(23)19(18)13-11-14-21(24)22(3,4)17-6-2/h11,13,18-21,23-24H,5-10,12,14-17H2,1-4H3/t18-,19+,20+,21-/m0/s1. The van der Waals surface area contributed by atoms with Gasteiger partial charge < -0.3 is 10.2 Å². The Labute approximate surface area is 150 Å². The van der Waals surface area contributed by atoms with E-state index in [9.17, 15) is 10.2 Å². The van der Waals surface area contributed by atoms with E-state index in [1.165, 1.54) is 38.5 Å². The Hall–Kier alpha value is -0.340. The van der Waals surface area contributed by atoms with Gasteiger partial charge in [-0.3, -0.25) is 0 Å². The fourth-order valence-electron chi connectivity index (χ4n) is 4.21. The molecular weight excluding hydrogens is 296 g/mol. The first-order valence-electron chi connectivity index (χ1n) is 10.4. The molecule has 0 aromatic heterocycles. The number of hydrogen-bond acceptors (Lipinski definition) is 2. The smallest absolute Gasteiger partial charge is 0.0625 e. The Bertz CT molecular complexity index is 348. The summed E-state index contributed by atoms with van der Waals surface area (Å²) in [7, 11) is 0. The molecule has 0 spiro atoms. The first-order chi connectivity index (χ1) is 11.4. The van der Waals surface area contributed by atoms with Crippen molar-refractivity contribution in [3.05, 3.63) is 12.2 Å². The predicted octanol–water partition coefficient (Wildman–Crippen LogP) is 5.87. The normalized spacial score (nSPS) is 26.3. The molecule has 1 rings (SSSR count). The lowest BCUT2D eigenvalue weighted by Crippen LogP contribution is -2.28. The summed E-state index contributed by atoms with van der Waals surface area (Å²) in [6.45, 7) is 8.73. The van der Waals surface area contributed by atoms with Gasteiger partial charge in [0.2, 0.25) is 0 Å². The monoisotopic (exact) mass is 338 g/mol. The third-order valence-electron chi connectivity index (χ3n) is 6.01. The van der Waals surface area contributed by atoms with Crippen molar-refractivity contribution in [2.24, 2.45) is 17.3 Å². The van der Waals surface area contributed by atoms with Gasteiger partial charge in [0.25, 0.3) is 0 Å². The largest absolute Gasteiger partial charge is 0.393 e. The fraction of sp³-hybridized carbons (Fsp3) is 0.909. The summed E-state index contributed by atoms with van der Waals surface area (Å²) in [6, 6.07) is 0. The molecule has 1 aliphatic rings. The number of hydrogen-bond donors (Lipinski definition) is 2. The zero-order valence-electron chi connectivity index (χ0n) is 16.6. The van der Waals surface area contributed by atoms with Gasteiger partial charge in [-0.05, 0) is 43.4 Å². The first kappa shape index (κ1) is 21.7. The van der Waals surface area contributed by atoms with Crippen LogP contribution >= 0.6 is 0 Å². The van der Waals surface area contributed by atoms with Gasteiger partial charge in [0.15, 0.2) is 0 Å². The summed E-state index contributed by atoms with van der Waals surface area (Å²) in [5.41, 5.74) is -0.0218. The molecule has 1 aliphatic carbocycles. The van der Waals surface area contributed by atoms with Crippen LogP contribution in [0.4, 0.5) is 0 Å². The Morgan fingerprint density at radius 3 is 2.42 bits per heavy atom. The molecule has 0 heterocycles. The highest BCUT2D eigenvalue weighted by Crippen LogP contribution is 2.37. The third-order valence-corrected chi connectivity index (χ3v) is 6.01. The van der Waals surface area contributed by atoms with Crippen molar-refractivity contribution in [2.75, 3.05) is 0 Å². The summed E-state index contributed by atoms with van der Waals surface area (Å²) in [6.07, 6.45) is 16.7. The van der Waals surface area contributed by atoms with E-state index < -0.39 is 0 Å². The lowest BCUT2D eigenvalue weighted by Gasteiger charge is -2.29. The summed E-state index contributed by atoms with van der Waals surface area (Å²) >= 11 is 0. The average Bonchev–Trinajstić information content (AvgIpc) is 2.87. The molecule has 2 N–H and O–H groups in total. The Balaban J connectivity index is 2.41. The Kier molecular flexibility index (Phi) is 10.2. The fourth-order valence-corrected chi connectivity index (χ4v) is 4.21.